The molecule has 1 amide bonds. The summed E-state index contributed by atoms with van der Waals surface area (Å²) in [5, 5.41) is 0. The summed E-state index contributed by atoms with van der Waals surface area (Å²) >= 11 is 0. The van der Waals surface area contributed by atoms with Crippen LogP contribution in [0.15, 0.2) is 12.1 Å². The summed E-state index contributed by atoms with van der Waals surface area (Å²) in [6.45, 7) is 11.4. The molecule has 1 aromatic rings. The van der Waals surface area contributed by atoms with Gasteiger partial charge in [0, 0.05) is 19.6 Å². The normalized spacial score (nSPS) is 17.0. The first kappa shape index (κ1) is 20.2. The molecule has 2 heterocycles. The molecule has 6 heteroatoms. The van der Waals surface area contributed by atoms with Gasteiger partial charge < -0.3 is 20.1 Å². The van der Waals surface area contributed by atoms with Gasteiger partial charge in [-0.05, 0) is 38.8 Å². The number of rotatable bonds is 3. The number of carbonyl (C=O) groups excluding carboxylic acids is 1. The van der Waals surface area contributed by atoms with Crippen LogP contribution in [0.1, 0.15) is 58.2 Å². The minimum absolute atomic E-state index is 0.315. The highest BCUT2D eigenvalue weighted by Gasteiger charge is 2.24. The predicted octanol–water partition coefficient (Wildman–Crippen LogP) is 3.56. The van der Waals surface area contributed by atoms with Crippen LogP contribution >= 0.6 is 0 Å². The number of amides is 1. The van der Waals surface area contributed by atoms with E-state index in [9.17, 15) is 4.79 Å². The highest BCUT2D eigenvalue weighted by Crippen LogP contribution is 2.28. The van der Waals surface area contributed by atoms with Gasteiger partial charge in [-0.15, -0.1) is 0 Å². The third-order valence-corrected chi connectivity index (χ3v) is 3.49. The molecule has 1 aliphatic heterocycles. The van der Waals surface area contributed by atoms with Gasteiger partial charge in [-0.25, -0.2) is 9.78 Å². The van der Waals surface area contributed by atoms with Gasteiger partial charge in [0.25, 0.3) is 0 Å². The van der Waals surface area contributed by atoms with E-state index in [1.807, 2.05) is 40.7 Å². The molecule has 24 heavy (non-hydrogen) atoms. The number of nitrogen functional groups attached to an aromatic ring is 1. The number of carbonyl (C=O) groups is 1. The average molecular weight is 337 g/mol. The van der Waals surface area contributed by atoms with Gasteiger partial charge in [-0.1, -0.05) is 19.9 Å². The Morgan fingerprint density at radius 1 is 1.42 bits per heavy atom. The van der Waals surface area contributed by atoms with Gasteiger partial charge >= 0.3 is 6.09 Å². The summed E-state index contributed by atoms with van der Waals surface area (Å²) in [4.78, 5) is 18.0. The fraction of sp³-hybridized carbons (Fsp3) is 0.667. The topological polar surface area (TPSA) is 77.7 Å². The van der Waals surface area contributed by atoms with Crippen molar-refractivity contribution in [3.8, 4) is 0 Å². The molecule has 1 atom stereocenters. The minimum atomic E-state index is -0.517. The largest absolute Gasteiger partial charge is 0.444 e. The first-order valence-corrected chi connectivity index (χ1v) is 8.53. The standard InChI is InChI=1S/C16H25N3O3.C2H6/c1-16(2,3)22-15(20)19(4)9-13-12(5-6-14(17)18-13)11-7-8-21-10-11;1-2/h5-6,11H,7-10H2,1-4H3,(H2,17,18);1-2H3. The monoisotopic (exact) mass is 337 g/mol. The molecule has 6 nitrogen and oxygen atoms in total. The molecule has 0 bridgehead atoms. The van der Waals surface area contributed by atoms with E-state index < -0.39 is 5.60 Å². The Hall–Kier alpha value is -1.82. The lowest BCUT2D eigenvalue weighted by molar-refractivity contribution is 0.0282. The minimum Gasteiger partial charge on any atom is -0.444 e. The number of ether oxygens (including phenoxy) is 2. The van der Waals surface area contributed by atoms with Crippen molar-refractivity contribution in [2.75, 3.05) is 26.0 Å². The Morgan fingerprint density at radius 3 is 2.62 bits per heavy atom. The van der Waals surface area contributed by atoms with Crippen molar-refractivity contribution in [3.05, 3.63) is 23.4 Å². The second kappa shape index (κ2) is 8.87. The summed E-state index contributed by atoms with van der Waals surface area (Å²) in [6, 6.07) is 3.78. The third-order valence-electron chi connectivity index (χ3n) is 3.49. The lowest BCUT2D eigenvalue weighted by atomic mass is 9.96. The molecule has 0 saturated carbocycles. The Balaban J connectivity index is 0.00000139. The lowest BCUT2D eigenvalue weighted by Crippen LogP contribution is -2.34. The zero-order valence-electron chi connectivity index (χ0n) is 15.8. The van der Waals surface area contributed by atoms with E-state index in [1.54, 1.807) is 13.1 Å². The fourth-order valence-corrected chi connectivity index (χ4v) is 2.44. The Bertz CT molecular complexity index is 535. The third kappa shape index (κ3) is 6.00. The van der Waals surface area contributed by atoms with E-state index in [0.29, 0.717) is 24.9 Å². The lowest BCUT2D eigenvalue weighted by Gasteiger charge is -2.25. The molecule has 0 aliphatic carbocycles. The van der Waals surface area contributed by atoms with E-state index in [2.05, 4.69) is 4.98 Å². The smallest absolute Gasteiger partial charge is 0.410 e. The Kier molecular flexibility index (Phi) is 7.48. The van der Waals surface area contributed by atoms with Gasteiger partial charge in [-0.2, -0.15) is 0 Å². The highest BCUT2D eigenvalue weighted by molar-refractivity contribution is 5.67. The molecule has 0 radical (unpaired) electrons. The first-order chi connectivity index (χ1) is 11.3. The van der Waals surface area contributed by atoms with Crippen LogP contribution in [0.2, 0.25) is 0 Å². The van der Waals surface area contributed by atoms with E-state index in [4.69, 9.17) is 15.2 Å². The number of aromatic nitrogens is 1. The average Bonchev–Trinajstić information content (AvgIpc) is 3.01. The van der Waals surface area contributed by atoms with Crippen molar-refractivity contribution in [1.29, 1.82) is 0 Å². The molecule has 0 spiro atoms. The molecule has 1 unspecified atom stereocenters. The molecular formula is C18H31N3O3. The van der Waals surface area contributed by atoms with Gasteiger partial charge in [0.05, 0.1) is 18.8 Å². The maximum Gasteiger partial charge on any atom is 0.410 e. The summed E-state index contributed by atoms with van der Waals surface area (Å²) in [6.07, 6.45) is 0.597. The summed E-state index contributed by atoms with van der Waals surface area (Å²) in [7, 11) is 1.70. The van der Waals surface area contributed by atoms with Crippen molar-refractivity contribution >= 4 is 11.9 Å². The first-order valence-electron chi connectivity index (χ1n) is 8.53. The molecule has 0 aromatic carbocycles. The molecule has 1 saturated heterocycles. The van der Waals surface area contributed by atoms with Gasteiger partial charge in [0.1, 0.15) is 11.4 Å². The molecule has 2 rings (SSSR count). The number of hydrogen-bond donors (Lipinski definition) is 1. The zero-order chi connectivity index (χ0) is 18.3. The zero-order valence-corrected chi connectivity index (χ0v) is 15.8. The van der Waals surface area contributed by atoms with Gasteiger partial charge in [0.2, 0.25) is 0 Å². The van der Waals surface area contributed by atoms with Crippen LogP contribution < -0.4 is 5.73 Å². The number of hydrogen-bond acceptors (Lipinski definition) is 5. The SMILES string of the molecule is CC.CN(Cc1nc(N)ccc1C1CCOC1)C(=O)OC(C)(C)C. The van der Waals surface area contributed by atoms with Crippen LogP contribution in [-0.4, -0.2) is 41.8 Å². The quantitative estimate of drug-likeness (QED) is 0.912. The van der Waals surface area contributed by atoms with Crippen LogP contribution in [0.4, 0.5) is 10.6 Å². The molecular weight excluding hydrogens is 306 g/mol. The van der Waals surface area contributed by atoms with Crippen molar-refractivity contribution in [2.45, 2.75) is 59.1 Å². The number of nitrogens with two attached hydrogens (primary N) is 1. The Labute approximate surface area is 145 Å². The highest BCUT2D eigenvalue weighted by atomic mass is 16.6. The molecule has 2 N–H and O–H groups in total. The van der Waals surface area contributed by atoms with Crippen LogP contribution in [0.5, 0.6) is 0 Å². The van der Waals surface area contributed by atoms with Gasteiger partial charge in [-0.3, -0.25) is 0 Å². The maximum absolute atomic E-state index is 12.1. The summed E-state index contributed by atoms with van der Waals surface area (Å²) in [5.74, 6) is 0.769. The van der Waals surface area contributed by atoms with Crippen LogP contribution in [-0.2, 0) is 16.0 Å². The second-order valence-corrected chi connectivity index (χ2v) is 6.67. The van der Waals surface area contributed by atoms with E-state index in [-0.39, 0.29) is 6.09 Å². The second-order valence-electron chi connectivity index (χ2n) is 6.67. The van der Waals surface area contributed by atoms with Crippen LogP contribution in [0, 0.1) is 0 Å². The molecule has 1 aromatic heterocycles. The van der Waals surface area contributed by atoms with Crippen LogP contribution in [0.25, 0.3) is 0 Å². The predicted molar refractivity (Wildman–Crippen MR) is 95.9 cm³/mol. The van der Waals surface area contributed by atoms with E-state index in [0.717, 1.165) is 24.3 Å². The fourth-order valence-electron chi connectivity index (χ4n) is 2.44. The van der Waals surface area contributed by atoms with E-state index in [1.165, 1.54) is 4.90 Å². The number of nitrogens with zero attached hydrogens (tertiary/aromatic N) is 2. The van der Waals surface area contributed by atoms with Gasteiger partial charge in [0.15, 0.2) is 0 Å². The number of pyridine rings is 1. The van der Waals surface area contributed by atoms with Crippen molar-refractivity contribution in [1.82, 2.24) is 9.88 Å². The van der Waals surface area contributed by atoms with Crippen LogP contribution in [0.3, 0.4) is 0 Å². The summed E-state index contributed by atoms with van der Waals surface area (Å²) in [5.41, 5.74) is 7.19. The molecule has 136 valence electrons. The molecule has 1 aliphatic rings. The van der Waals surface area contributed by atoms with Crippen molar-refractivity contribution in [3.63, 3.8) is 0 Å². The van der Waals surface area contributed by atoms with Crippen molar-refractivity contribution in [2.24, 2.45) is 0 Å². The van der Waals surface area contributed by atoms with E-state index >= 15 is 0 Å². The summed E-state index contributed by atoms with van der Waals surface area (Å²) < 4.78 is 10.8. The molecule has 1 fully saturated rings. The number of anilines is 1. The maximum atomic E-state index is 12.1. The van der Waals surface area contributed by atoms with Crippen molar-refractivity contribution < 1.29 is 14.3 Å². The Morgan fingerprint density at radius 2 is 2.08 bits per heavy atom.